The van der Waals surface area contributed by atoms with Crippen LogP contribution in [0.15, 0.2) is 0 Å². The van der Waals surface area contributed by atoms with E-state index in [1.54, 1.807) is 0 Å². The number of piperidine rings is 1. The van der Waals surface area contributed by atoms with Crippen molar-refractivity contribution in [1.82, 2.24) is 5.32 Å². The minimum Gasteiger partial charge on any atom is -0.481 e. The number of amides is 1. The molecule has 1 amide bonds. The maximum absolute atomic E-state index is 11.0. The lowest BCUT2D eigenvalue weighted by Gasteiger charge is -2.33. The Morgan fingerprint density at radius 1 is 1.69 bits per heavy atom. The number of rotatable bonds is 1. The molecule has 2 atom stereocenters. The molecule has 2 saturated heterocycles. The maximum atomic E-state index is 11.0. The Labute approximate surface area is 75.1 Å². The number of carbonyl (C=O) groups excluding carboxylic acids is 1. The summed E-state index contributed by atoms with van der Waals surface area (Å²) in [5.41, 5.74) is -0.867. The van der Waals surface area contributed by atoms with Crippen LogP contribution in [0.3, 0.4) is 0 Å². The van der Waals surface area contributed by atoms with Gasteiger partial charge in [0, 0.05) is 13.2 Å². The molecule has 13 heavy (non-hydrogen) atoms. The van der Waals surface area contributed by atoms with Gasteiger partial charge in [-0.1, -0.05) is 0 Å². The van der Waals surface area contributed by atoms with E-state index in [1.165, 1.54) is 0 Å². The first kappa shape index (κ1) is 8.50. The van der Waals surface area contributed by atoms with Crippen LogP contribution in [0.25, 0.3) is 0 Å². The van der Waals surface area contributed by atoms with Gasteiger partial charge in [-0.3, -0.25) is 9.59 Å². The molecule has 5 heteroatoms. The molecule has 0 radical (unpaired) electrons. The average molecular weight is 185 g/mol. The summed E-state index contributed by atoms with van der Waals surface area (Å²) in [6.07, 6.45) is 0.235. The van der Waals surface area contributed by atoms with Crippen LogP contribution in [0.4, 0.5) is 0 Å². The monoisotopic (exact) mass is 185 g/mol. The highest BCUT2D eigenvalue weighted by Gasteiger charge is 2.53. The summed E-state index contributed by atoms with van der Waals surface area (Å²) in [6.45, 7) is 0.637. The predicted molar refractivity (Wildman–Crippen MR) is 42.1 cm³/mol. The molecule has 2 N–H and O–H groups in total. The molecule has 0 aromatic carbocycles. The van der Waals surface area contributed by atoms with Gasteiger partial charge < -0.3 is 15.2 Å². The van der Waals surface area contributed by atoms with Crippen LogP contribution in [-0.2, 0) is 14.3 Å². The fraction of sp³-hybridized carbons (Fsp3) is 0.750. The summed E-state index contributed by atoms with van der Waals surface area (Å²) in [4.78, 5) is 22.0. The van der Waals surface area contributed by atoms with Crippen LogP contribution >= 0.6 is 0 Å². The van der Waals surface area contributed by atoms with E-state index in [-0.39, 0.29) is 18.9 Å². The van der Waals surface area contributed by atoms with Crippen molar-refractivity contribution in [1.29, 1.82) is 0 Å². The molecule has 0 aromatic rings. The lowest BCUT2D eigenvalue weighted by Crippen LogP contribution is -2.54. The lowest BCUT2D eigenvalue weighted by atomic mass is 9.77. The molecular weight excluding hydrogens is 174 g/mol. The molecule has 2 heterocycles. The molecule has 0 bridgehead atoms. The van der Waals surface area contributed by atoms with Crippen molar-refractivity contribution < 1.29 is 19.4 Å². The SMILES string of the molecule is O=C1CC2OCCC2(C(=O)O)CN1. The fourth-order valence-corrected chi connectivity index (χ4v) is 1.98. The third-order valence-corrected chi connectivity index (χ3v) is 2.88. The molecule has 0 spiro atoms. The normalized spacial score (nSPS) is 38.2. The summed E-state index contributed by atoms with van der Waals surface area (Å²) in [5.74, 6) is -0.987. The van der Waals surface area contributed by atoms with E-state index in [0.717, 1.165) is 0 Å². The van der Waals surface area contributed by atoms with Gasteiger partial charge in [0.2, 0.25) is 5.91 Å². The molecule has 0 aromatic heterocycles. The summed E-state index contributed by atoms with van der Waals surface area (Å²) in [6, 6.07) is 0. The number of carboxylic acids is 1. The summed E-state index contributed by atoms with van der Waals surface area (Å²) >= 11 is 0. The van der Waals surface area contributed by atoms with E-state index < -0.39 is 17.5 Å². The summed E-state index contributed by atoms with van der Waals surface area (Å²) < 4.78 is 5.25. The number of ether oxygens (including phenoxy) is 1. The van der Waals surface area contributed by atoms with E-state index >= 15 is 0 Å². The van der Waals surface area contributed by atoms with Gasteiger partial charge in [0.1, 0.15) is 5.41 Å². The first-order valence-electron chi connectivity index (χ1n) is 4.27. The topological polar surface area (TPSA) is 75.6 Å². The van der Waals surface area contributed by atoms with Crippen molar-refractivity contribution in [2.75, 3.05) is 13.2 Å². The smallest absolute Gasteiger partial charge is 0.314 e. The average Bonchev–Trinajstić information content (AvgIpc) is 2.48. The van der Waals surface area contributed by atoms with E-state index in [1.807, 2.05) is 0 Å². The lowest BCUT2D eigenvalue weighted by molar-refractivity contribution is -0.155. The molecule has 2 aliphatic rings. The molecule has 5 nitrogen and oxygen atoms in total. The fourth-order valence-electron chi connectivity index (χ4n) is 1.98. The Balaban J connectivity index is 2.25. The number of fused-ring (bicyclic) bond motifs is 1. The zero-order valence-corrected chi connectivity index (χ0v) is 7.08. The largest absolute Gasteiger partial charge is 0.481 e. The van der Waals surface area contributed by atoms with E-state index in [9.17, 15) is 9.59 Å². The van der Waals surface area contributed by atoms with Crippen LogP contribution in [0.5, 0.6) is 0 Å². The maximum Gasteiger partial charge on any atom is 0.314 e. The number of hydrogen-bond donors (Lipinski definition) is 2. The molecular formula is C8H11NO4. The number of nitrogens with one attached hydrogen (secondary N) is 1. The van der Waals surface area contributed by atoms with E-state index in [0.29, 0.717) is 13.0 Å². The second kappa shape index (κ2) is 2.70. The van der Waals surface area contributed by atoms with Gasteiger partial charge in [-0.15, -0.1) is 0 Å². The Morgan fingerprint density at radius 3 is 3.15 bits per heavy atom. The Bertz CT molecular complexity index is 265. The standard InChI is InChI=1S/C8H11NO4/c10-6-3-5-8(4-9-6,7(11)12)1-2-13-5/h5H,1-4H2,(H,9,10)(H,11,12). The quantitative estimate of drug-likeness (QED) is 0.570. The van der Waals surface area contributed by atoms with Crippen molar-refractivity contribution in [3.8, 4) is 0 Å². The van der Waals surface area contributed by atoms with E-state index in [4.69, 9.17) is 9.84 Å². The van der Waals surface area contributed by atoms with Crippen LogP contribution in [0.1, 0.15) is 12.8 Å². The molecule has 2 fully saturated rings. The van der Waals surface area contributed by atoms with Gasteiger partial charge in [-0.25, -0.2) is 0 Å². The summed E-state index contributed by atoms with van der Waals surface area (Å²) in [5, 5.41) is 11.6. The second-order valence-electron chi connectivity index (χ2n) is 3.55. The van der Waals surface area contributed by atoms with Crippen molar-refractivity contribution in [3.63, 3.8) is 0 Å². The number of aliphatic carboxylic acids is 1. The molecule has 0 saturated carbocycles. The van der Waals surface area contributed by atoms with Gasteiger partial charge in [0.05, 0.1) is 12.5 Å². The van der Waals surface area contributed by atoms with Crippen molar-refractivity contribution in [2.45, 2.75) is 18.9 Å². The predicted octanol–water partition coefficient (Wildman–Crippen LogP) is -0.634. The molecule has 2 rings (SSSR count). The zero-order valence-electron chi connectivity index (χ0n) is 7.08. The Hall–Kier alpha value is -1.10. The highest BCUT2D eigenvalue weighted by atomic mass is 16.5. The Kier molecular flexibility index (Phi) is 1.76. The highest BCUT2D eigenvalue weighted by Crippen LogP contribution is 2.38. The van der Waals surface area contributed by atoms with Crippen molar-refractivity contribution in [3.05, 3.63) is 0 Å². The third-order valence-electron chi connectivity index (χ3n) is 2.88. The van der Waals surface area contributed by atoms with E-state index in [2.05, 4.69) is 5.32 Å². The molecule has 2 aliphatic heterocycles. The minimum atomic E-state index is -0.867. The van der Waals surface area contributed by atoms with Gasteiger partial charge in [0.15, 0.2) is 0 Å². The number of carbonyl (C=O) groups is 2. The first-order chi connectivity index (χ1) is 6.15. The zero-order chi connectivity index (χ0) is 9.47. The van der Waals surface area contributed by atoms with Crippen LogP contribution in [0.2, 0.25) is 0 Å². The highest BCUT2D eigenvalue weighted by molar-refractivity contribution is 5.84. The van der Waals surface area contributed by atoms with Gasteiger partial charge in [-0.05, 0) is 6.42 Å². The van der Waals surface area contributed by atoms with Gasteiger partial charge in [-0.2, -0.15) is 0 Å². The Morgan fingerprint density at radius 2 is 2.46 bits per heavy atom. The molecule has 0 aliphatic carbocycles. The summed E-state index contributed by atoms with van der Waals surface area (Å²) in [7, 11) is 0. The minimum absolute atomic E-state index is 0.122. The van der Waals surface area contributed by atoms with Crippen molar-refractivity contribution in [2.24, 2.45) is 5.41 Å². The molecule has 2 unspecified atom stereocenters. The van der Waals surface area contributed by atoms with Crippen LogP contribution in [0, 0.1) is 5.41 Å². The van der Waals surface area contributed by atoms with Crippen LogP contribution < -0.4 is 5.32 Å². The van der Waals surface area contributed by atoms with Gasteiger partial charge >= 0.3 is 5.97 Å². The first-order valence-corrected chi connectivity index (χ1v) is 4.27. The molecule has 72 valence electrons. The van der Waals surface area contributed by atoms with Gasteiger partial charge in [0.25, 0.3) is 0 Å². The van der Waals surface area contributed by atoms with Crippen LogP contribution in [-0.4, -0.2) is 36.2 Å². The second-order valence-corrected chi connectivity index (χ2v) is 3.55. The number of carboxylic acid groups (broad SMARTS) is 1. The number of hydrogen-bond acceptors (Lipinski definition) is 3. The third kappa shape index (κ3) is 1.11. The van der Waals surface area contributed by atoms with Crippen molar-refractivity contribution >= 4 is 11.9 Å².